The van der Waals surface area contributed by atoms with Crippen molar-refractivity contribution >= 4 is 50.8 Å². The van der Waals surface area contributed by atoms with Crippen LogP contribution in [0.2, 0.25) is 5.02 Å². The second kappa shape index (κ2) is 8.31. The Morgan fingerprint density at radius 1 is 1.30 bits per heavy atom. The highest BCUT2D eigenvalue weighted by Crippen LogP contribution is 2.29. The molecule has 7 heteroatoms. The average molecular weight is 419 g/mol. The van der Waals surface area contributed by atoms with Crippen molar-refractivity contribution in [3.05, 3.63) is 33.3 Å². The third kappa shape index (κ3) is 5.06. The fraction of sp³-hybridized carbons (Fsp3) is 0.500. The second-order valence-corrected chi connectivity index (χ2v) is 7.78. The minimum absolute atomic E-state index is 0.328. The van der Waals surface area contributed by atoms with Gasteiger partial charge < -0.3 is 5.32 Å². The molecule has 0 aliphatic heterocycles. The summed E-state index contributed by atoms with van der Waals surface area (Å²) in [5, 5.41) is 4.11. The van der Waals surface area contributed by atoms with Gasteiger partial charge in [0.05, 0.1) is 10.6 Å². The SMILES string of the molecule is C[C@@H]1[C@@H](C)CCC[C@H]1NC(=S)NNC(=O)c1cc(Br)ccc1Cl. The van der Waals surface area contributed by atoms with E-state index in [1.807, 2.05) is 0 Å². The van der Waals surface area contributed by atoms with Crippen molar-refractivity contribution in [3.63, 3.8) is 0 Å². The Hall–Kier alpha value is -0.850. The van der Waals surface area contributed by atoms with Crippen molar-refractivity contribution in [1.82, 2.24) is 16.2 Å². The van der Waals surface area contributed by atoms with Gasteiger partial charge in [0.1, 0.15) is 0 Å². The van der Waals surface area contributed by atoms with Gasteiger partial charge in [-0.25, -0.2) is 0 Å². The normalized spacial score (nSPS) is 23.9. The van der Waals surface area contributed by atoms with Crippen LogP contribution < -0.4 is 16.2 Å². The summed E-state index contributed by atoms with van der Waals surface area (Å²) < 4.78 is 0.790. The van der Waals surface area contributed by atoms with Gasteiger partial charge in [-0.2, -0.15) is 0 Å². The molecule has 3 N–H and O–H groups in total. The first-order valence-electron chi connectivity index (χ1n) is 7.70. The minimum atomic E-state index is -0.328. The number of hydrogen-bond donors (Lipinski definition) is 3. The predicted octanol–water partition coefficient (Wildman–Crippen LogP) is 4.04. The summed E-state index contributed by atoms with van der Waals surface area (Å²) in [5.41, 5.74) is 5.73. The number of carbonyl (C=O) groups is 1. The molecule has 0 spiro atoms. The lowest BCUT2D eigenvalue weighted by molar-refractivity contribution is 0.0943. The number of carbonyl (C=O) groups excluding carboxylic acids is 1. The monoisotopic (exact) mass is 417 g/mol. The van der Waals surface area contributed by atoms with Crippen LogP contribution in [0.15, 0.2) is 22.7 Å². The van der Waals surface area contributed by atoms with Crippen LogP contribution in [0.5, 0.6) is 0 Å². The van der Waals surface area contributed by atoms with Crippen LogP contribution in [-0.4, -0.2) is 17.1 Å². The quantitative estimate of drug-likeness (QED) is 0.501. The number of amides is 1. The number of rotatable bonds is 2. The number of nitrogens with one attached hydrogen (secondary N) is 3. The molecule has 1 fully saturated rings. The van der Waals surface area contributed by atoms with E-state index in [1.165, 1.54) is 12.8 Å². The zero-order chi connectivity index (χ0) is 17.0. The van der Waals surface area contributed by atoms with Crippen molar-refractivity contribution < 1.29 is 4.79 Å². The first-order valence-corrected chi connectivity index (χ1v) is 9.28. The van der Waals surface area contributed by atoms with Crippen LogP contribution in [0, 0.1) is 11.8 Å². The summed E-state index contributed by atoms with van der Waals surface area (Å²) in [6, 6.07) is 5.46. The molecule has 0 saturated heterocycles. The molecule has 23 heavy (non-hydrogen) atoms. The Morgan fingerprint density at radius 3 is 2.78 bits per heavy atom. The van der Waals surface area contributed by atoms with Gasteiger partial charge in [0.15, 0.2) is 5.11 Å². The van der Waals surface area contributed by atoms with Crippen molar-refractivity contribution in [2.24, 2.45) is 11.8 Å². The Morgan fingerprint density at radius 2 is 2.04 bits per heavy atom. The standard InChI is InChI=1S/C16H21BrClN3OS/c1-9-4-3-5-14(10(9)2)19-16(23)21-20-15(22)12-8-11(17)6-7-13(12)18/h6-10,14H,3-5H2,1-2H3,(H,20,22)(H2,19,21,23)/t9-,10+,14+/m0/s1. The topological polar surface area (TPSA) is 53.2 Å². The van der Waals surface area contributed by atoms with Crippen LogP contribution >= 0.6 is 39.7 Å². The highest BCUT2D eigenvalue weighted by molar-refractivity contribution is 9.10. The molecule has 1 aromatic carbocycles. The van der Waals surface area contributed by atoms with Gasteiger partial charge in [0.2, 0.25) is 0 Å². The summed E-state index contributed by atoms with van der Waals surface area (Å²) >= 11 is 14.6. The van der Waals surface area contributed by atoms with Gasteiger partial charge in [-0.05, 0) is 48.7 Å². The summed E-state index contributed by atoms with van der Waals surface area (Å²) in [5.74, 6) is 0.906. The van der Waals surface area contributed by atoms with Gasteiger partial charge in [-0.15, -0.1) is 0 Å². The Bertz CT molecular complexity index is 599. The molecule has 0 radical (unpaired) electrons. The van der Waals surface area contributed by atoms with E-state index in [-0.39, 0.29) is 5.91 Å². The zero-order valence-electron chi connectivity index (χ0n) is 13.2. The summed E-state index contributed by atoms with van der Waals surface area (Å²) in [6.07, 6.45) is 3.56. The van der Waals surface area contributed by atoms with E-state index in [0.717, 1.165) is 10.9 Å². The summed E-state index contributed by atoms with van der Waals surface area (Å²) in [6.45, 7) is 4.51. The van der Waals surface area contributed by atoms with Crippen LogP contribution in [-0.2, 0) is 0 Å². The fourth-order valence-electron chi connectivity index (χ4n) is 2.84. The largest absolute Gasteiger partial charge is 0.358 e. The number of hydrazine groups is 1. The first-order chi connectivity index (χ1) is 10.9. The molecule has 1 aromatic rings. The maximum absolute atomic E-state index is 12.2. The summed E-state index contributed by atoms with van der Waals surface area (Å²) in [4.78, 5) is 12.2. The zero-order valence-corrected chi connectivity index (χ0v) is 16.3. The summed E-state index contributed by atoms with van der Waals surface area (Å²) in [7, 11) is 0. The highest BCUT2D eigenvalue weighted by atomic mass is 79.9. The van der Waals surface area contributed by atoms with Crippen LogP contribution in [0.3, 0.4) is 0 Å². The van der Waals surface area contributed by atoms with E-state index in [2.05, 4.69) is 45.9 Å². The number of hydrogen-bond acceptors (Lipinski definition) is 2. The van der Waals surface area contributed by atoms with Crippen LogP contribution in [0.1, 0.15) is 43.5 Å². The molecule has 1 aliphatic carbocycles. The molecule has 2 rings (SSSR count). The highest BCUT2D eigenvalue weighted by Gasteiger charge is 2.27. The molecule has 1 saturated carbocycles. The Balaban J connectivity index is 1.86. The molecule has 4 nitrogen and oxygen atoms in total. The van der Waals surface area contributed by atoms with Gasteiger partial charge in [-0.3, -0.25) is 15.6 Å². The third-order valence-electron chi connectivity index (χ3n) is 4.49. The maximum atomic E-state index is 12.2. The van der Waals surface area contributed by atoms with E-state index in [9.17, 15) is 4.79 Å². The van der Waals surface area contributed by atoms with Gasteiger partial charge >= 0.3 is 0 Å². The second-order valence-electron chi connectivity index (χ2n) is 6.05. The lowest BCUT2D eigenvalue weighted by atomic mass is 9.78. The average Bonchev–Trinajstić information content (AvgIpc) is 2.52. The van der Waals surface area contributed by atoms with Crippen molar-refractivity contribution in [2.45, 2.75) is 39.2 Å². The number of thiocarbonyl (C=S) groups is 1. The van der Waals surface area contributed by atoms with Crippen molar-refractivity contribution in [2.75, 3.05) is 0 Å². The smallest absolute Gasteiger partial charge is 0.271 e. The predicted molar refractivity (Wildman–Crippen MR) is 101 cm³/mol. The van der Waals surface area contributed by atoms with Gasteiger partial charge in [0.25, 0.3) is 5.91 Å². The molecule has 1 aliphatic rings. The molecule has 0 unspecified atom stereocenters. The lowest BCUT2D eigenvalue weighted by Gasteiger charge is -2.35. The molecule has 1 amide bonds. The molecular weight excluding hydrogens is 398 g/mol. The van der Waals surface area contributed by atoms with E-state index < -0.39 is 0 Å². The van der Waals surface area contributed by atoms with Crippen LogP contribution in [0.4, 0.5) is 0 Å². The number of benzene rings is 1. The molecule has 3 atom stereocenters. The van der Waals surface area contributed by atoms with Gasteiger partial charge in [0, 0.05) is 10.5 Å². The van der Waals surface area contributed by atoms with E-state index in [4.69, 9.17) is 23.8 Å². The lowest BCUT2D eigenvalue weighted by Crippen LogP contribution is -2.52. The Labute approximate surface area is 155 Å². The minimum Gasteiger partial charge on any atom is -0.358 e. The maximum Gasteiger partial charge on any atom is 0.271 e. The van der Waals surface area contributed by atoms with Crippen LogP contribution in [0.25, 0.3) is 0 Å². The fourth-order valence-corrected chi connectivity index (χ4v) is 3.61. The molecule has 126 valence electrons. The molecular formula is C16H21BrClN3OS. The van der Waals surface area contributed by atoms with E-state index in [1.54, 1.807) is 18.2 Å². The molecule has 0 heterocycles. The van der Waals surface area contributed by atoms with Gasteiger partial charge in [-0.1, -0.05) is 54.2 Å². The molecule has 0 bridgehead atoms. The van der Waals surface area contributed by atoms with Crippen molar-refractivity contribution in [1.29, 1.82) is 0 Å². The first kappa shape index (κ1) is 18.5. The number of halogens is 2. The third-order valence-corrected chi connectivity index (χ3v) is 5.53. The molecule has 0 aromatic heterocycles. The van der Waals surface area contributed by atoms with E-state index in [0.29, 0.717) is 33.6 Å². The Kier molecular flexibility index (Phi) is 6.68. The van der Waals surface area contributed by atoms with E-state index >= 15 is 0 Å². The van der Waals surface area contributed by atoms with Crippen molar-refractivity contribution in [3.8, 4) is 0 Å².